The van der Waals surface area contributed by atoms with Gasteiger partial charge < -0.3 is 20.1 Å². The number of carbonyl (C=O) groups is 3. The second kappa shape index (κ2) is 9.42. The molecule has 0 radical (unpaired) electrons. The van der Waals surface area contributed by atoms with Crippen LogP contribution >= 0.6 is 0 Å². The molecule has 0 spiro atoms. The van der Waals surface area contributed by atoms with Crippen LogP contribution in [0.1, 0.15) is 49.7 Å². The molecule has 0 bridgehead atoms. The van der Waals surface area contributed by atoms with Crippen LogP contribution in [-0.4, -0.2) is 53.2 Å². The number of rotatable bonds is 7. The molecule has 2 N–H and O–H groups in total. The molecule has 2 aromatic rings. The Morgan fingerprint density at radius 1 is 1.09 bits per heavy atom. The summed E-state index contributed by atoms with van der Waals surface area (Å²) in [5.41, 5.74) is 4.55. The highest BCUT2D eigenvalue weighted by Crippen LogP contribution is 2.44. The fourth-order valence-corrected chi connectivity index (χ4v) is 4.86. The maximum atomic E-state index is 13.0. The minimum atomic E-state index is -0.924. The molecule has 7 heteroatoms. The van der Waals surface area contributed by atoms with Crippen LogP contribution in [0.4, 0.5) is 4.79 Å². The molecule has 0 saturated carbocycles. The minimum Gasteiger partial charge on any atom is -0.481 e. The first-order chi connectivity index (χ1) is 15.5. The number of carbonyl (C=O) groups excluding carboxylic acids is 2. The summed E-state index contributed by atoms with van der Waals surface area (Å²) in [6, 6.07) is 15.1. The molecule has 2 atom stereocenters. The zero-order chi connectivity index (χ0) is 22.7. The van der Waals surface area contributed by atoms with E-state index in [0.29, 0.717) is 19.4 Å². The monoisotopic (exact) mass is 436 g/mol. The van der Waals surface area contributed by atoms with Crippen molar-refractivity contribution in [2.75, 3.05) is 13.2 Å². The highest BCUT2D eigenvalue weighted by atomic mass is 16.5. The van der Waals surface area contributed by atoms with E-state index in [1.54, 1.807) is 4.90 Å². The lowest BCUT2D eigenvalue weighted by atomic mass is 9.98. The summed E-state index contributed by atoms with van der Waals surface area (Å²) in [5.74, 6) is -1.22. The Morgan fingerprint density at radius 3 is 2.31 bits per heavy atom. The van der Waals surface area contributed by atoms with E-state index in [1.165, 1.54) is 0 Å². The number of fused-ring (bicyclic) bond motifs is 3. The predicted molar refractivity (Wildman–Crippen MR) is 119 cm³/mol. The first-order valence-electron chi connectivity index (χ1n) is 11.1. The smallest absolute Gasteiger partial charge is 0.407 e. The molecule has 32 heavy (non-hydrogen) atoms. The van der Waals surface area contributed by atoms with E-state index in [4.69, 9.17) is 9.84 Å². The number of aliphatic carboxylic acids is 1. The molecule has 1 heterocycles. The van der Waals surface area contributed by atoms with Gasteiger partial charge in [0.2, 0.25) is 5.91 Å². The van der Waals surface area contributed by atoms with Gasteiger partial charge in [0.1, 0.15) is 12.6 Å². The number of nitrogens with one attached hydrogen (secondary N) is 1. The predicted octanol–water partition coefficient (Wildman–Crippen LogP) is 3.77. The van der Waals surface area contributed by atoms with Gasteiger partial charge in [0.15, 0.2) is 0 Å². The van der Waals surface area contributed by atoms with Crippen LogP contribution in [0.3, 0.4) is 0 Å². The molecular formula is C25H28N2O5. The van der Waals surface area contributed by atoms with Gasteiger partial charge in [-0.05, 0) is 41.5 Å². The summed E-state index contributed by atoms with van der Waals surface area (Å²) >= 11 is 0. The van der Waals surface area contributed by atoms with Crippen LogP contribution in [0.2, 0.25) is 0 Å². The van der Waals surface area contributed by atoms with Gasteiger partial charge in [-0.15, -0.1) is 0 Å². The summed E-state index contributed by atoms with van der Waals surface area (Å²) in [6.07, 6.45) is 1.12. The highest BCUT2D eigenvalue weighted by Gasteiger charge is 2.35. The quantitative estimate of drug-likeness (QED) is 0.689. The van der Waals surface area contributed by atoms with Crippen LogP contribution in [0, 0.1) is 0 Å². The SMILES string of the molecule is CC[C@@H](NC(=O)OCC1c2ccccc2-c2ccccc21)C(=O)N1CCC[C@H]1CC(=O)O. The van der Waals surface area contributed by atoms with Crippen molar-refractivity contribution in [3.63, 3.8) is 0 Å². The lowest BCUT2D eigenvalue weighted by Crippen LogP contribution is -2.50. The molecule has 7 nitrogen and oxygen atoms in total. The third-order valence-corrected chi connectivity index (χ3v) is 6.41. The van der Waals surface area contributed by atoms with Gasteiger partial charge in [-0.2, -0.15) is 0 Å². The van der Waals surface area contributed by atoms with Gasteiger partial charge in [0.05, 0.1) is 6.42 Å². The van der Waals surface area contributed by atoms with Crippen molar-refractivity contribution >= 4 is 18.0 Å². The topological polar surface area (TPSA) is 95.9 Å². The summed E-state index contributed by atoms with van der Waals surface area (Å²) in [5, 5.41) is 11.8. The molecule has 0 aromatic heterocycles. The number of amides is 2. The number of alkyl carbamates (subject to hydrolysis) is 1. The van der Waals surface area contributed by atoms with E-state index in [-0.39, 0.29) is 30.9 Å². The van der Waals surface area contributed by atoms with E-state index in [1.807, 2.05) is 31.2 Å². The Labute approximate surface area is 187 Å². The highest BCUT2D eigenvalue weighted by molar-refractivity contribution is 5.86. The van der Waals surface area contributed by atoms with Crippen molar-refractivity contribution < 1.29 is 24.2 Å². The lowest BCUT2D eigenvalue weighted by Gasteiger charge is -2.28. The molecular weight excluding hydrogens is 408 g/mol. The summed E-state index contributed by atoms with van der Waals surface area (Å²) in [6.45, 7) is 2.50. The van der Waals surface area contributed by atoms with Crippen molar-refractivity contribution in [1.82, 2.24) is 10.2 Å². The average molecular weight is 437 g/mol. The van der Waals surface area contributed by atoms with E-state index in [0.717, 1.165) is 28.7 Å². The number of hydrogen-bond acceptors (Lipinski definition) is 4. The number of nitrogens with zero attached hydrogens (tertiary/aromatic N) is 1. The standard InChI is InChI=1S/C25H28N2O5/c1-2-22(24(30)27-13-7-8-16(27)14-23(28)29)26-25(31)32-15-21-19-11-5-3-9-17(19)18-10-4-6-12-20(18)21/h3-6,9-12,16,21-22H,2,7-8,13-15H2,1H3,(H,26,31)(H,28,29)/t16-,22+/m0/s1. The van der Waals surface area contributed by atoms with Crippen LogP contribution in [0.5, 0.6) is 0 Å². The van der Waals surface area contributed by atoms with Gasteiger partial charge in [-0.25, -0.2) is 4.79 Å². The molecule has 0 unspecified atom stereocenters. The number of likely N-dealkylation sites (tertiary alicyclic amines) is 1. The third kappa shape index (κ3) is 4.33. The zero-order valence-electron chi connectivity index (χ0n) is 18.1. The Bertz CT molecular complexity index is 975. The normalized spacial score (nSPS) is 18.0. The van der Waals surface area contributed by atoms with Gasteiger partial charge in [0, 0.05) is 18.5 Å². The van der Waals surface area contributed by atoms with Crippen molar-refractivity contribution in [2.24, 2.45) is 0 Å². The van der Waals surface area contributed by atoms with Gasteiger partial charge >= 0.3 is 12.1 Å². The molecule has 1 fully saturated rings. The van der Waals surface area contributed by atoms with Crippen molar-refractivity contribution in [3.8, 4) is 11.1 Å². The number of carboxylic acids is 1. The van der Waals surface area contributed by atoms with Gasteiger partial charge in [0.25, 0.3) is 0 Å². The number of ether oxygens (including phenoxy) is 1. The molecule has 168 valence electrons. The van der Waals surface area contributed by atoms with Crippen LogP contribution < -0.4 is 5.32 Å². The summed E-state index contributed by atoms with van der Waals surface area (Å²) in [4.78, 5) is 38.2. The first-order valence-corrected chi connectivity index (χ1v) is 11.1. The van der Waals surface area contributed by atoms with Gasteiger partial charge in [-0.1, -0.05) is 55.5 Å². The molecule has 4 rings (SSSR count). The van der Waals surface area contributed by atoms with Crippen molar-refractivity contribution in [2.45, 2.75) is 50.6 Å². The number of hydrogen-bond donors (Lipinski definition) is 2. The van der Waals surface area contributed by atoms with Crippen LogP contribution in [-0.2, 0) is 14.3 Å². The number of carboxylic acid groups (broad SMARTS) is 1. The van der Waals surface area contributed by atoms with E-state index in [2.05, 4.69) is 29.6 Å². The molecule has 2 aliphatic rings. The van der Waals surface area contributed by atoms with Crippen LogP contribution in [0.25, 0.3) is 11.1 Å². The Kier molecular flexibility index (Phi) is 6.44. The van der Waals surface area contributed by atoms with Crippen molar-refractivity contribution in [1.29, 1.82) is 0 Å². The third-order valence-electron chi connectivity index (χ3n) is 6.41. The summed E-state index contributed by atoms with van der Waals surface area (Å²) in [7, 11) is 0. The maximum Gasteiger partial charge on any atom is 0.407 e. The second-order valence-electron chi connectivity index (χ2n) is 8.36. The van der Waals surface area contributed by atoms with Gasteiger partial charge in [-0.3, -0.25) is 9.59 Å². The fourth-order valence-electron chi connectivity index (χ4n) is 4.86. The molecule has 1 aliphatic heterocycles. The van der Waals surface area contributed by atoms with E-state index >= 15 is 0 Å². The lowest BCUT2D eigenvalue weighted by molar-refractivity contribution is -0.140. The molecule has 2 amide bonds. The Balaban J connectivity index is 1.39. The largest absolute Gasteiger partial charge is 0.481 e. The fraction of sp³-hybridized carbons (Fsp3) is 0.400. The minimum absolute atomic E-state index is 0.0533. The molecule has 1 aliphatic carbocycles. The zero-order valence-corrected chi connectivity index (χ0v) is 18.1. The summed E-state index contributed by atoms with van der Waals surface area (Å²) < 4.78 is 5.56. The average Bonchev–Trinajstić information content (AvgIpc) is 3.37. The first kappa shape index (κ1) is 21.9. The van der Waals surface area contributed by atoms with Crippen LogP contribution in [0.15, 0.2) is 48.5 Å². The molecule has 1 saturated heterocycles. The van der Waals surface area contributed by atoms with E-state index < -0.39 is 18.1 Å². The molecule has 2 aromatic carbocycles. The maximum absolute atomic E-state index is 13.0. The van der Waals surface area contributed by atoms with Crippen molar-refractivity contribution in [3.05, 3.63) is 59.7 Å². The number of benzene rings is 2. The Hall–Kier alpha value is -3.35. The Morgan fingerprint density at radius 2 is 1.72 bits per heavy atom. The second-order valence-corrected chi connectivity index (χ2v) is 8.36. The van der Waals surface area contributed by atoms with E-state index in [9.17, 15) is 14.4 Å².